The zero-order valence-corrected chi connectivity index (χ0v) is 17.9. The molecule has 2 atom stereocenters. The third kappa shape index (κ3) is 3.61. The molecule has 0 saturated carbocycles. The lowest BCUT2D eigenvalue weighted by Crippen LogP contribution is -2.39. The first-order valence-corrected chi connectivity index (χ1v) is 11.8. The van der Waals surface area contributed by atoms with E-state index in [0.29, 0.717) is 23.6 Å². The second kappa shape index (κ2) is 7.37. The summed E-state index contributed by atoms with van der Waals surface area (Å²) < 4.78 is 32.9. The zero-order chi connectivity index (χ0) is 19.9. The molecule has 7 heteroatoms. The first kappa shape index (κ1) is 19.2. The van der Waals surface area contributed by atoms with Crippen molar-refractivity contribution in [1.29, 1.82) is 0 Å². The van der Waals surface area contributed by atoms with Gasteiger partial charge in [0.2, 0.25) is 26.6 Å². The Hall–Kier alpha value is -2.12. The maximum atomic E-state index is 13.4. The number of piperidine rings is 1. The summed E-state index contributed by atoms with van der Waals surface area (Å²) in [7, 11) is -3.78. The quantitative estimate of drug-likeness (QED) is 0.597. The van der Waals surface area contributed by atoms with Gasteiger partial charge in [-0.1, -0.05) is 37.6 Å². The van der Waals surface area contributed by atoms with Crippen LogP contribution in [0.1, 0.15) is 25.8 Å². The highest BCUT2D eigenvalue weighted by atomic mass is 32.2. The van der Waals surface area contributed by atoms with Crippen LogP contribution in [0.4, 0.5) is 5.88 Å². The monoisotopic (exact) mass is 416 g/mol. The van der Waals surface area contributed by atoms with Gasteiger partial charge in [-0.05, 0) is 48.8 Å². The molecule has 1 fully saturated rings. The largest absolute Gasteiger partial charge is 0.418 e. The van der Waals surface area contributed by atoms with E-state index in [1.54, 1.807) is 24.3 Å². The smallest absolute Gasteiger partial charge is 0.240 e. The second-order valence-corrected chi connectivity index (χ2v) is 10.6. The van der Waals surface area contributed by atoms with Gasteiger partial charge in [0.1, 0.15) is 0 Å². The lowest BCUT2D eigenvalue weighted by atomic mass is 9.92. The molecule has 0 aliphatic carbocycles. The lowest BCUT2D eigenvalue weighted by Gasteiger charge is -2.34. The molecule has 5 nitrogen and oxygen atoms in total. The molecule has 3 heterocycles. The van der Waals surface area contributed by atoms with Crippen molar-refractivity contribution in [1.82, 2.24) is 4.98 Å². The molecule has 2 aromatic heterocycles. The van der Waals surface area contributed by atoms with Crippen LogP contribution in [-0.2, 0) is 9.84 Å². The number of anilines is 1. The minimum absolute atomic E-state index is 0.0149. The van der Waals surface area contributed by atoms with E-state index in [-0.39, 0.29) is 9.92 Å². The number of aromatic nitrogens is 1. The Bertz CT molecular complexity index is 1040. The highest BCUT2D eigenvalue weighted by Gasteiger charge is 2.34. The van der Waals surface area contributed by atoms with Crippen molar-refractivity contribution in [2.24, 2.45) is 11.8 Å². The molecular formula is C21H24N2O3S2. The van der Waals surface area contributed by atoms with Crippen molar-refractivity contribution < 1.29 is 12.8 Å². The van der Waals surface area contributed by atoms with Crippen LogP contribution in [0.5, 0.6) is 0 Å². The molecule has 0 bridgehead atoms. The van der Waals surface area contributed by atoms with Gasteiger partial charge in [0, 0.05) is 13.1 Å². The van der Waals surface area contributed by atoms with Crippen LogP contribution in [-0.4, -0.2) is 26.5 Å². The van der Waals surface area contributed by atoms with Crippen molar-refractivity contribution in [3.8, 4) is 10.8 Å². The van der Waals surface area contributed by atoms with Gasteiger partial charge >= 0.3 is 0 Å². The Labute approximate surface area is 169 Å². The molecule has 148 valence electrons. The third-order valence-electron chi connectivity index (χ3n) is 5.05. The van der Waals surface area contributed by atoms with Gasteiger partial charge in [-0.2, -0.15) is 4.98 Å². The topological polar surface area (TPSA) is 63.4 Å². The van der Waals surface area contributed by atoms with Crippen molar-refractivity contribution in [3.05, 3.63) is 47.3 Å². The summed E-state index contributed by atoms with van der Waals surface area (Å²) in [6, 6.07) is 10.7. The van der Waals surface area contributed by atoms with Gasteiger partial charge in [0.15, 0.2) is 0 Å². The molecule has 0 spiro atoms. The fraction of sp³-hybridized carbons (Fsp3) is 0.381. The van der Waals surface area contributed by atoms with Gasteiger partial charge < -0.3 is 9.32 Å². The zero-order valence-electron chi connectivity index (χ0n) is 16.3. The van der Waals surface area contributed by atoms with Crippen molar-refractivity contribution in [3.63, 3.8) is 0 Å². The van der Waals surface area contributed by atoms with E-state index in [1.165, 1.54) is 11.3 Å². The highest BCUT2D eigenvalue weighted by molar-refractivity contribution is 7.91. The van der Waals surface area contributed by atoms with Crippen molar-refractivity contribution >= 4 is 27.1 Å². The van der Waals surface area contributed by atoms with Crippen molar-refractivity contribution in [2.75, 3.05) is 18.0 Å². The molecule has 1 saturated heterocycles. The van der Waals surface area contributed by atoms with Crippen LogP contribution in [0.3, 0.4) is 0 Å². The SMILES string of the molecule is Cc1ccc(S(=O)(=O)c2nc(-c3cccs3)oc2N2C[C@H](C)C[C@@H](C)C2)cc1. The molecule has 0 unspecified atom stereocenters. The van der Waals surface area contributed by atoms with Crippen LogP contribution in [0.2, 0.25) is 0 Å². The van der Waals surface area contributed by atoms with E-state index in [0.717, 1.165) is 30.0 Å². The lowest BCUT2D eigenvalue weighted by molar-refractivity contribution is 0.342. The van der Waals surface area contributed by atoms with Crippen LogP contribution >= 0.6 is 11.3 Å². The van der Waals surface area contributed by atoms with Gasteiger partial charge in [0.05, 0.1) is 9.77 Å². The van der Waals surface area contributed by atoms with Crippen LogP contribution in [0.25, 0.3) is 10.8 Å². The van der Waals surface area contributed by atoms with E-state index in [1.807, 2.05) is 29.3 Å². The molecule has 0 radical (unpaired) electrons. The highest BCUT2D eigenvalue weighted by Crippen LogP contribution is 2.38. The fourth-order valence-corrected chi connectivity index (χ4v) is 5.81. The Kier molecular flexibility index (Phi) is 5.05. The summed E-state index contributed by atoms with van der Waals surface area (Å²) in [5.74, 6) is 1.66. The number of oxazole rings is 1. The molecule has 0 N–H and O–H groups in total. The summed E-state index contributed by atoms with van der Waals surface area (Å²) in [4.78, 5) is 7.57. The van der Waals surface area contributed by atoms with E-state index in [4.69, 9.17) is 4.42 Å². The summed E-state index contributed by atoms with van der Waals surface area (Å²) in [6.45, 7) is 7.84. The first-order chi connectivity index (χ1) is 13.3. The van der Waals surface area contributed by atoms with E-state index in [2.05, 4.69) is 18.8 Å². The van der Waals surface area contributed by atoms with E-state index < -0.39 is 9.84 Å². The average Bonchev–Trinajstić information content (AvgIpc) is 3.31. The Morgan fingerprint density at radius 3 is 2.39 bits per heavy atom. The third-order valence-corrected chi connectivity index (χ3v) is 7.58. The molecule has 0 amide bonds. The summed E-state index contributed by atoms with van der Waals surface area (Å²) >= 11 is 1.48. The summed E-state index contributed by atoms with van der Waals surface area (Å²) in [6.07, 6.45) is 1.13. The maximum absolute atomic E-state index is 13.4. The van der Waals surface area contributed by atoms with Gasteiger partial charge in [0.25, 0.3) is 0 Å². The minimum Gasteiger partial charge on any atom is -0.418 e. The maximum Gasteiger partial charge on any atom is 0.240 e. The summed E-state index contributed by atoms with van der Waals surface area (Å²) in [5.41, 5.74) is 1.01. The first-order valence-electron chi connectivity index (χ1n) is 9.46. The van der Waals surface area contributed by atoms with Crippen LogP contribution < -0.4 is 4.90 Å². The van der Waals surface area contributed by atoms with Crippen LogP contribution in [0, 0.1) is 18.8 Å². The molecule has 28 heavy (non-hydrogen) atoms. The number of hydrogen-bond acceptors (Lipinski definition) is 6. The summed E-state index contributed by atoms with van der Waals surface area (Å²) in [5, 5.41) is 1.94. The molecule has 3 aromatic rings. The molecule has 1 aliphatic heterocycles. The Morgan fingerprint density at radius 1 is 1.11 bits per heavy atom. The average molecular weight is 417 g/mol. The van der Waals surface area contributed by atoms with Crippen LogP contribution in [0.15, 0.2) is 56.1 Å². The molecule has 4 rings (SSSR count). The van der Waals surface area contributed by atoms with Gasteiger partial charge in [-0.15, -0.1) is 11.3 Å². The minimum atomic E-state index is -3.78. The molecular weight excluding hydrogens is 392 g/mol. The Morgan fingerprint density at radius 2 is 1.79 bits per heavy atom. The fourth-order valence-electron chi connectivity index (χ4n) is 3.84. The van der Waals surface area contributed by atoms with Crippen molar-refractivity contribution in [2.45, 2.75) is 37.1 Å². The number of hydrogen-bond donors (Lipinski definition) is 0. The number of aryl methyl sites for hydroxylation is 1. The standard InChI is InChI=1S/C21H24N2O3S2/c1-14-6-8-17(9-7-14)28(24,25)20-21(23-12-15(2)11-16(3)13-23)26-19(22-20)18-5-4-10-27-18/h4-10,15-16H,11-13H2,1-3H3/t15-,16-/m1/s1. The number of nitrogens with zero attached hydrogens (tertiary/aromatic N) is 2. The number of thiophene rings is 1. The van der Waals surface area contributed by atoms with E-state index in [9.17, 15) is 8.42 Å². The number of rotatable bonds is 4. The second-order valence-electron chi connectivity index (χ2n) is 7.77. The normalized spacial score (nSPS) is 20.5. The molecule has 1 aliphatic rings. The van der Waals surface area contributed by atoms with Gasteiger partial charge in [-0.3, -0.25) is 0 Å². The van der Waals surface area contributed by atoms with E-state index >= 15 is 0 Å². The Balaban J connectivity index is 1.84. The predicted molar refractivity (Wildman–Crippen MR) is 112 cm³/mol. The number of sulfone groups is 1. The molecule has 1 aromatic carbocycles. The predicted octanol–water partition coefficient (Wildman–Crippen LogP) is 5.03. The van der Waals surface area contributed by atoms with Gasteiger partial charge in [-0.25, -0.2) is 8.42 Å². The number of benzene rings is 1.